The molecule has 0 saturated carbocycles. The molecule has 0 unspecified atom stereocenters. The molecule has 1 aromatic carbocycles. The quantitative estimate of drug-likeness (QED) is 0.555. The molecular weight excluding hydrogens is 200 g/mol. The molecule has 0 saturated heterocycles. The van der Waals surface area contributed by atoms with Crippen LogP contribution < -0.4 is 4.74 Å². The van der Waals surface area contributed by atoms with Crippen LogP contribution in [-0.4, -0.2) is 13.2 Å². The molecule has 0 atom stereocenters. The van der Waals surface area contributed by atoms with E-state index in [1.54, 1.807) is 7.11 Å². The van der Waals surface area contributed by atoms with Crippen LogP contribution in [0.3, 0.4) is 0 Å². The lowest BCUT2D eigenvalue weighted by Gasteiger charge is -2.08. The summed E-state index contributed by atoms with van der Waals surface area (Å²) in [5.74, 6) is 1.53. The van der Waals surface area contributed by atoms with Crippen molar-refractivity contribution < 1.29 is 9.47 Å². The summed E-state index contributed by atoms with van der Waals surface area (Å²) in [4.78, 5) is 0. The fourth-order valence-electron chi connectivity index (χ4n) is 1.25. The first-order valence-electron chi connectivity index (χ1n) is 5.29. The summed E-state index contributed by atoms with van der Waals surface area (Å²) in [6, 6.07) is 7.81. The SMILES string of the molecule is C=C(/C=C/c1ccc(OC)cc1)OC(C)C. The van der Waals surface area contributed by atoms with Crippen LogP contribution in [0.1, 0.15) is 19.4 Å². The van der Waals surface area contributed by atoms with Crippen molar-refractivity contribution >= 4 is 6.08 Å². The maximum absolute atomic E-state index is 5.41. The van der Waals surface area contributed by atoms with E-state index in [9.17, 15) is 0 Å². The van der Waals surface area contributed by atoms with Crippen molar-refractivity contribution in [1.29, 1.82) is 0 Å². The predicted octanol–water partition coefficient (Wildman–Crippen LogP) is 3.65. The zero-order valence-electron chi connectivity index (χ0n) is 10.1. The summed E-state index contributed by atoms with van der Waals surface area (Å²) < 4.78 is 10.5. The number of rotatable bonds is 5. The number of methoxy groups -OCH3 is 1. The summed E-state index contributed by atoms with van der Waals surface area (Å²) in [7, 11) is 1.66. The third-order valence-electron chi connectivity index (χ3n) is 1.96. The summed E-state index contributed by atoms with van der Waals surface area (Å²) in [5.41, 5.74) is 1.09. The van der Waals surface area contributed by atoms with Gasteiger partial charge in [-0.2, -0.15) is 0 Å². The van der Waals surface area contributed by atoms with Gasteiger partial charge < -0.3 is 9.47 Å². The van der Waals surface area contributed by atoms with Crippen molar-refractivity contribution in [1.82, 2.24) is 0 Å². The van der Waals surface area contributed by atoms with Gasteiger partial charge in [0.25, 0.3) is 0 Å². The molecule has 0 aliphatic carbocycles. The molecule has 16 heavy (non-hydrogen) atoms. The van der Waals surface area contributed by atoms with Gasteiger partial charge in [0.15, 0.2) is 0 Å². The predicted molar refractivity (Wildman–Crippen MR) is 67.4 cm³/mol. The van der Waals surface area contributed by atoms with E-state index in [0.717, 1.165) is 11.3 Å². The van der Waals surface area contributed by atoms with E-state index in [1.165, 1.54) is 0 Å². The van der Waals surface area contributed by atoms with Crippen LogP contribution in [0.4, 0.5) is 0 Å². The highest BCUT2D eigenvalue weighted by atomic mass is 16.5. The standard InChI is InChI=1S/C14H18O2/c1-11(2)16-12(3)5-6-13-7-9-14(15-4)10-8-13/h5-11H,3H2,1-2,4H3/b6-5+. The van der Waals surface area contributed by atoms with E-state index in [4.69, 9.17) is 9.47 Å². The highest BCUT2D eigenvalue weighted by Gasteiger charge is 1.94. The zero-order valence-corrected chi connectivity index (χ0v) is 10.1. The molecule has 0 aliphatic heterocycles. The Hall–Kier alpha value is -1.70. The first-order valence-corrected chi connectivity index (χ1v) is 5.29. The molecule has 1 aromatic rings. The van der Waals surface area contributed by atoms with E-state index in [-0.39, 0.29) is 6.10 Å². The second-order valence-corrected chi connectivity index (χ2v) is 3.74. The average molecular weight is 218 g/mol. The Balaban J connectivity index is 2.58. The molecule has 0 heterocycles. The maximum atomic E-state index is 5.41. The summed E-state index contributed by atoms with van der Waals surface area (Å²) >= 11 is 0. The second kappa shape index (κ2) is 6.01. The fraction of sp³-hybridized carbons (Fsp3) is 0.286. The van der Waals surface area contributed by atoms with Crippen molar-refractivity contribution in [3.8, 4) is 5.75 Å². The highest BCUT2D eigenvalue weighted by Crippen LogP contribution is 2.13. The normalized spacial score (nSPS) is 10.8. The van der Waals surface area contributed by atoms with E-state index in [2.05, 4.69) is 6.58 Å². The molecule has 2 nitrogen and oxygen atoms in total. The molecule has 0 spiro atoms. The highest BCUT2D eigenvalue weighted by molar-refractivity contribution is 5.52. The monoisotopic (exact) mass is 218 g/mol. The van der Waals surface area contributed by atoms with E-state index >= 15 is 0 Å². The van der Waals surface area contributed by atoms with Gasteiger partial charge in [-0.25, -0.2) is 0 Å². The van der Waals surface area contributed by atoms with Gasteiger partial charge in [0.2, 0.25) is 0 Å². The molecule has 0 bridgehead atoms. The van der Waals surface area contributed by atoms with Gasteiger partial charge in [-0.1, -0.05) is 24.8 Å². The van der Waals surface area contributed by atoms with E-state index < -0.39 is 0 Å². The Bertz CT molecular complexity index is 361. The number of allylic oxidation sites excluding steroid dienone is 1. The molecule has 0 aromatic heterocycles. The van der Waals surface area contributed by atoms with Gasteiger partial charge >= 0.3 is 0 Å². The van der Waals surface area contributed by atoms with Crippen LogP contribution in [0.2, 0.25) is 0 Å². The Morgan fingerprint density at radius 1 is 1.25 bits per heavy atom. The maximum Gasteiger partial charge on any atom is 0.118 e. The molecule has 86 valence electrons. The van der Waals surface area contributed by atoms with Gasteiger partial charge in [-0.15, -0.1) is 0 Å². The average Bonchev–Trinajstić information content (AvgIpc) is 2.26. The molecule has 0 N–H and O–H groups in total. The van der Waals surface area contributed by atoms with Crippen molar-refractivity contribution in [3.63, 3.8) is 0 Å². The number of benzene rings is 1. The minimum Gasteiger partial charge on any atom is -0.497 e. The Morgan fingerprint density at radius 3 is 2.38 bits per heavy atom. The number of hydrogen-bond donors (Lipinski definition) is 0. The van der Waals surface area contributed by atoms with Crippen LogP contribution >= 0.6 is 0 Å². The largest absolute Gasteiger partial charge is 0.497 e. The van der Waals surface area contributed by atoms with Crippen LogP contribution in [0, 0.1) is 0 Å². The summed E-state index contributed by atoms with van der Waals surface area (Å²) in [6.45, 7) is 7.77. The second-order valence-electron chi connectivity index (χ2n) is 3.74. The van der Waals surface area contributed by atoms with Crippen LogP contribution in [0.15, 0.2) is 42.7 Å². The van der Waals surface area contributed by atoms with Crippen molar-refractivity contribution in [2.75, 3.05) is 7.11 Å². The number of ether oxygens (including phenoxy) is 2. The summed E-state index contributed by atoms with van der Waals surface area (Å²) in [5, 5.41) is 0. The zero-order chi connectivity index (χ0) is 12.0. The Morgan fingerprint density at radius 2 is 1.88 bits per heavy atom. The minimum absolute atomic E-state index is 0.160. The van der Waals surface area contributed by atoms with Gasteiger partial charge in [0, 0.05) is 0 Å². The van der Waals surface area contributed by atoms with E-state index in [1.807, 2.05) is 50.3 Å². The number of hydrogen-bond acceptors (Lipinski definition) is 2. The van der Waals surface area contributed by atoms with E-state index in [0.29, 0.717) is 5.76 Å². The lowest BCUT2D eigenvalue weighted by atomic mass is 10.2. The van der Waals surface area contributed by atoms with Crippen LogP contribution in [0.25, 0.3) is 6.08 Å². The molecule has 0 amide bonds. The van der Waals surface area contributed by atoms with Crippen LogP contribution in [0.5, 0.6) is 5.75 Å². The first kappa shape index (κ1) is 12.4. The molecule has 0 aliphatic rings. The molecule has 1 rings (SSSR count). The topological polar surface area (TPSA) is 18.5 Å². The van der Waals surface area contributed by atoms with Gasteiger partial charge in [-0.3, -0.25) is 0 Å². The minimum atomic E-state index is 0.160. The van der Waals surface area contributed by atoms with Crippen molar-refractivity contribution in [3.05, 3.63) is 48.2 Å². The fourth-order valence-corrected chi connectivity index (χ4v) is 1.25. The lowest BCUT2D eigenvalue weighted by molar-refractivity contribution is 0.159. The van der Waals surface area contributed by atoms with Crippen LogP contribution in [-0.2, 0) is 4.74 Å². The molecule has 0 fully saturated rings. The molecule has 0 radical (unpaired) electrons. The third-order valence-corrected chi connectivity index (χ3v) is 1.96. The smallest absolute Gasteiger partial charge is 0.118 e. The molecular formula is C14H18O2. The van der Waals surface area contributed by atoms with Crippen molar-refractivity contribution in [2.45, 2.75) is 20.0 Å². The van der Waals surface area contributed by atoms with Crippen molar-refractivity contribution in [2.24, 2.45) is 0 Å². The van der Waals surface area contributed by atoms with Gasteiger partial charge in [-0.05, 0) is 37.6 Å². The first-order chi connectivity index (χ1) is 7.61. The van der Waals surface area contributed by atoms with Gasteiger partial charge in [0.1, 0.15) is 11.5 Å². The Kier molecular flexibility index (Phi) is 4.65. The van der Waals surface area contributed by atoms with Gasteiger partial charge in [0.05, 0.1) is 13.2 Å². The summed E-state index contributed by atoms with van der Waals surface area (Å²) in [6.07, 6.45) is 3.99. The Labute approximate surface area is 97.2 Å². The third kappa shape index (κ3) is 4.22. The molecule has 2 heteroatoms. The lowest BCUT2D eigenvalue weighted by Crippen LogP contribution is -1.99.